The third-order valence-electron chi connectivity index (χ3n) is 2.59. The van der Waals surface area contributed by atoms with E-state index in [0.29, 0.717) is 17.6 Å². The van der Waals surface area contributed by atoms with Crippen molar-refractivity contribution in [3.05, 3.63) is 47.0 Å². The van der Waals surface area contributed by atoms with Crippen molar-refractivity contribution in [1.82, 2.24) is 5.32 Å². The molecule has 0 radical (unpaired) electrons. The van der Waals surface area contributed by atoms with Gasteiger partial charge < -0.3 is 5.32 Å². The summed E-state index contributed by atoms with van der Waals surface area (Å²) >= 11 is 5.70. The maximum Gasteiger partial charge on any atom is 0.0309 e. The lowest BCUT2D eigenvalue weighted by Gasteiger charge is -2.13. The van der Waals surface area contributed by atoms with Gasteiger partial charge >= 0.3 is 0 Å². The van der Waals surface area contributed by atoms with Crippen LogP contribution in [0.4, 0.5) is 0 Å². The lowest BCUT2D eigenvalue weighted by atomic mass is 10.0. The molecule has 0 aliphatic heterocycles. The number of halogens is 1. The SMILES string of the molecule is C=C(Cl)CNC(C)CCc1cccc(C)c1. The molecular formula is C14H20ClN. The molecule has 1 nitrogen and oxygen atoms in total. The van der Waals surface area contributed by atoms with Gasteiger partial charge in [0.2, 0.25) is 0 Å². The van der Waals surface area contributed by atoms with Crippen molar-refractivity contribution in [1.29, 1.82) is 0 Å². The summed E-state index contributed by atoms with van der Waals surface area (Å²) in [5.41, 5.74) is 2.73. The molecule has 0 spiro atoms. The van der Waals surface area contributed by atoms with Crippen LogP contribution in [0.15, 0.2) is 35.9 Å². The molecule has 0 aliphatic rings. The van der Waals surface area contributed by atoms with Crippen LogP contribution in [0.1, 0.15) is 24.5 Å². The average molecular weight is 238 g/mol. The number of hydrogen-bond donors (Lipinski definition) is 1. The highest BCUT2D eigenvalue weighted by Gasteiger charge is 2.02. The molecular weight excluding hydrogens is 218 g/mol. The van der Waals surface area contributed by atoms with E-state index >= 15 is 0 Å². The molecule has 0 aliphatic carbocycles. The minimum atomic E-state index is 0.469. The maximum atomic E-state index is 5.70. The van der Waals surface area contributed by atoms with Gasteiger partial charge in [-0.2, -0.15) is 0 Å². The summed E-state index contributed by atoms with van der Waals surface area (Å²) in [6.45, 7) is 8.65. The second kappa shape index (κ2) is 6.72. The smallest absolute Gasteiger partial charge is 0.0309 e. The zero-order valence-corrected chi connectivity index (χ0v) is 10.8. The molecule has 1 aromatic rings. The summed E-state index contributed by atoms with van der Waals surface area (Å²) in [4.78, 5) is 0. The van der Waals surface area contributed by atoms with E-state index in [1.807, 2.05) is 0 Å². The molecule has 0 saturated carbocycles. The second-order valence-corrected chi connectivity index (χ2v) is 4.86. The monoisotopic (exact) mass is 237 g/mol. The van der Waals surface area contributed by atoms with Crippen molar-refractivity contribution in [3.8, 4) is 0 Å². The highest BCUT2D eigenvalue weighted by Crippen LogP contribution is 2.08. The topological polar surface area (TPSA) is 12.0 Å². The van der Waals surface area contributed by atoms with Gasteiger partial charge in [0.05, 0.1) is 0 Å². The maximum absolute atomic E-state index is 5.70. The van der Waals surface area contributed by atoms with Crippen molar-refractivity contribution in [2.75, 3.05) is 6.54 Å². The molecule has 0 amide bonds. The first-order chi connectivity index (χ1) is 7.58. The molecule has 0 aromatic heterocycles. The van der Waals surface area contributed by atoms with E-state index in [1.165, 1.54) is 11.1 Å². The van der Waals surface area contributed by atoms with Gasteiger partial charge in [-0.15, -0.1) is 0 Å². The molecule has 1 unspecified atom stereocenters. The standard InChI is InChI=1S/C14H20ClN/c1-11-5-4-6-14(9-11)8-7-13(3)16-10-12(2)15/h4-6,9,13,16H,2,7-8,10H2,1,3H3. The van der Waals surface area contributed by atoms with Gasteiger partial charge in [-0.05, 0) is 32.3 Å². The Bertz CT molecular complexity index is 346. The number of nitrogens with one attached hydrogen (secondary N) is 1. The summed E-state index contributed by atoms with van der Waals surface area (Å²) in [7, 11) is 0. The van der Waals surface area contributed by atoms with Crippen LogP contribution in [-0.4, -0.2) is 12.6 Å². The Morgan fingerprint density at radius 2 is 2.25 bits per heavy atom. The predicted octanol–water partition coefficient (Wildman–Crippen LogP) is 3.66. The largest absolute Gasteiger partial charge is 0.309 e. The van der Waals surface area contributed by atoms with Crippen LogP contribution >= 0.6 is 11.6 Å². The molecule has 1 aromatic carbocycles. The summed E-state index contributed by atoms with van der Waals surface area (Å²) < 4.78 is 0. The van der Waals surface area contributed by atoms with Crippen molar-refractivity contribution in [2.24, 2.45) is 0 Å². The second-order valence-electron chi connectivity index (χ2n) is 4.33. The van der Waals surface area contributed by atoms with Crippen molar-refractivity contribution >= 4 is 11.6 Å². The lowest BCUT2D eigenvalue weighted by Crippen LogP contribution is -2.27. The van der Waals surface area contributed by atoms with Crippen LogP contribution in [0.3, 0.4) is 0 Å². The minimum Gasteiger partial charge on any atom is -0.309 e. The molecule has 1 atom stereocenters. The Morgan fingerprint density at radius 3 is 2.88 bits per heavy atom. The van der Waals surface area contributed by atoms with Gasteiger partial charge in [-0.1, -0.05) is 48.0 Å². The van der Waals surface area contributed by atoms with E-state index in [0.717, 1.165) is 12.8 Å². The van der Waals surface area contributed by atoms with Gasteiger partial charge in [0.25, 0.3) is 0 Å². The van der Waals surface area contributed by atoms with E-state index in [-0.39, 0.29) is 0 Å². The van der Waals surface area contributed by atoms with Crippen LogP contribution in [0.25, 0.3) is 0 Å². The van der Waals surface area contributed by atoms with Crippen LogP contribution in [-0.2, 0) is 6.42 Å². The number of benzene rings is 1. The highest BCUT2D eigenvalue weighted by molar-refractivity contribution is 6.29. The van der Waals surface area contributed by atoms with Gasteiger partial charge in [0, 0.05) is 17.6 Å². The van der Waals surface area contributed by atoms with Crippen molar-refractivity contribution in [2.45, 2.75) is 32.7 Å². The fourth-order valence-electron chi connectivity index (χ4n) is 1.64. The first-order valence-corrected chi connectivity index (χ1v) is 6.08. The average Bonchev–Trinajstić information content (AvgIpc) is 2.23. The number of rotatable bonds is 6. The predicted molar refractivity (Wildman–Crippen MR) is 72.0 cm³/mol. The third kappa shape index (κ3) is 5.34. The van der Waals surface area contributed by atoms with Gasteiger partial charge in [0.15, 0.2) is 0 Å². The first-order valence-electron chi connectivity index (χ1n) is 5.70. The molecule has 0 bridgehead atoms. The fourth-order valence-corrected chi connectivity index (χ4v) is 1.72. The Morgan fingerprint density at radius 1 is 1.50 bits per heavy atom. The molecule has 0 saturated heterocycles. The zero-order valence-electron chi connectivity index (χ0n) is 10.1. The van der Waals surface area contributed by atoms with Gasteiger partial charge in [0.1, 0.15) is 0 Å². The van der Waals surface area contributed by atoms with Crippen molar-refractivity contribution in [3.63, 3.8) is 0 Å². The normalized spacial score (nSPS) is 12.4. The Hall–Kier alpha value is -0.790. The Balaban J connectivity index is 2.31. The van der Waals surface area contributed by atoms with Crippen LogP contribution < -0.4 is 5.32 Å². The third-order valence-corrected chi connectivity index (χ3v) is 2.72. The highest BCUT2D eigenvalue weighted by atomic mass is 35.5. The quantitative estimate of drug-likeness (QED) is 0.796. The van der Waals surface area contributed by atoms with E-state index in [2.05, 4.69) is 50.0 Å². The van der Waals surface area contributed by atoms with Crippen molar-refractivity contribution < 1.29 is 0 Å². The van der Waals surface area contributed by atoms with Crippen LogP contribution in [0.5, 0.6) is 0 Å². The zero-order chi connectivity index (χ0) is 12.0. The fraction of sp³-hybridized carbons (Fsp3) is 0.429. The number of hydrogen-bond acceptors (Lipinski definition) is 1. The first kappa shape index (κ1) is 13.3. The lowest BCUT2D eigenvalue weighted by molar-refractivity contribution is 0.541. The molecule has 1 rings (SSSR count). The number of aryl methyl sites for hydroxylation is 2. The Labute approximate surface area is 104 Å². The molecule has 2 heteroatoms. The Kier molecular flexibility index (Phi) is 5.58. The van der Waals surface area contributed by atoms with Crippen LogP contribution in [0.2, 0.25) is 0 Å². The summed E-state index contributed by atoms with van der Waals surface area (Å²) in [6.07, 6.45) is 2.22. The molecule has 1 N–H and O–H groups in total. The van der Waals surface area contributed by atoms with E-state index in [4.69, 9.17) is 11.6 Å². The van der Waals surface area contributed by atoms with E-state index in [1.54, 1.807) is 0 Å². The molecule has 16 heavy (non-hydrogen) atoms. The summed E-state index contributed by atoms with van der Waals surface area (Å²) in [6, 6.07) is 9.13. The molecule has 88 valence electrons. The van der Waals surface area contributed by atoms with Gasteiger partial charge in [-0.3, -0.25) is 0 Å². The van der Waals surface area contributed by atoms with E-state index < -0.39 is 0 Å². The van der Waals surface area contributed by atoms with E-state index in [9.17, 15) is 0 Å². The molecule has 0 heterocycles. The summed E-state index contributed by atoms with van der Waals surface area (Å²) in [5, 5.41) is 4.00. The minimum absolute atomic E-state index is 0.469. The summed E-state index contributed by atoms with van der Waals surface area (Å²) in [5.74, 6) is 0. The van der Waals surface area contributed by atoms with Crippen LogP contribution in [0, 0.1) is 6.92 Å². The molecule has 0 fully saturated rings. The van der Waals surface area contributed by atoms with Gasteiger partial charge in [-0.25, -0.2) is 0 Å².